The van der Waals surface area contributed by atoms with Crippen molar-refractivity contribution in [1.82, 2.24) is 14.4 Å². The van der Waals surface area contributed by atoms with E-state index in [0.29, 0.717) is 30.6 Å². The van der Waals surface area contributed by atoms with Gasteiger partial charge in [-0.25, -0.2) is 0 Å². The Morgan fingerprint density at radius 1 is 1.16 bits per heavy atom. The van der Waals surface area contributed by atoms with Crippen molar-refractivity contribution in [3.8, 4) is 17.1 Å². The van der Waals surface area contributed by atoms with E-state index < -0.39 is 0 Å². The number of ether oxygens (including phenoxy) is 1. The molecule has 0 bridgehead atoms. The van der Waals surface area contributed by atoms with Gasteiger partial charge < -0.3 is 13.7 Å². The van der Waals surface area contributed by atoms with Crippen molar-refractivity contribution < 1.29 is 13.7 Å². The van der Waals surface area contributed by atoms with Crippen LogP contribution in [-0.2, 0) is 19.6 Å². The molecule has 1 saturated heterocycles. The van der Waals surface area contributed by atoms with Gasteiger partial charge in [-0.15, -0.1) is 0 Å². The van der Waals surface area contributed by atoms with Gasteiger partial charge >= 0.3 is 0 Å². The van der Waals surface area contributed by atoms with Crippen LogP contribution < -0.4 is 10.2 Å². The third-order valence-electron chi connectivity index (χ3n) is 6.25. The maximum atomic E-state index is 12.5. The van der Waals surface area contributed by atoms with E-state index in [4.69, 9.17) is 13.7 Å². The van der Waals surface area contributed by atoms with Crippen molar-refractivity contribution in [2.45, 2.75) is 32.5 Å². The first-order chi connectivity index (χ1) is 15.7. The lowest BCUT2D eigenvalue weighted by molar-refractivity contribution is 0.184. The van der Waals surface area contributed by atoms with Gasteiger partial charge in [0.15, 0.2) is 5.76 Å². The first-order valence-electron chi connectivity index (χ1n) is 11.0. The molecule has 168 valence electrons. The highest BCUT2D eigenvalue weighted by atomic mass is 32.2. The summed E-state index contributed by atoms with van der Waals surface area (Å²) < 4.78 is 19.2. The number of aromatic nitrogens is 1. The summed E-state index contributed by atoms with van der Waals surface area (Å²) in [4.78, 5) is 14.8. The first kappa shape index (κ1) is 21.3. The van der Waals surface area contributed by atoms with Crippen molar-refractivity contribution in [2.75, 3.05) is 26.0 Å². The predicted octanol–water partition coefficient (Wildman–Crippen LogP) is 4.18. The second-order valence-corrected chi connectivity index (χ2v) is 9.33. The van der Waals surface area contributed by atoms with Gasteiger partial charge in [0.25, 0.3) is 0 Å². The van der Waals surface area contributed by atoms with Gasteiger partial charge in [0.2, 0.25) is 11.2 Å². The highest BCUT2D eigenvalue weighted by Gasteiger charge is 2.22. The monoisotopic (exact) mass is 453 g/mol. The third kappa shape index (κ3) is 4.77. The molecule has 0 N–H and O–H groups in total. The Bertz CT molecular complexity index is 1110. The Balaban J connectivity index is 1.16. The zero-order valence-electron chi connectivity index (χ0n) is 18.2. The summed E-state index contributed by atoms with van der Waals surface area (Å²) >= 11 is 1.79. The second-order valence-electron chi connectivity index (χ2n) is 8.45. The molecule has 5 rings (SSSR count). The van der Waals surface area contributed by atoms with Crippen LogP contribution in [0.25, 0.3) is 11.3 Å². The molecule has 2 aliphatic heterocycles. The van der Waals surface area contributed by atoms with Crippen LogP contribution in [0.2, 0.25) is 0 Å². The Kier molecular flexibility index (Phi) is 6.34. The maximum Gasteiger partial charge on any atom is 0.227 e. The first-order valence-corrected chi connectivity index (χ1v) is 12.1. The lowest BCUT2D eigenvalue weighted by atomic mass is 9.99. The van der Waals surface area contributed by atoms with E-state index in [1.54, 1.807) is 24.2 Å². The molecule has 0 amide bonds. The van der Waals surface area contributed by atoms with Gasteiger partial charge in [0.05, 0.1) is 19.3 Å². The van der Waals surface area contributed by atoms with E-state index in [1.807, 2.05) is 6.07 Å². The lowest BCUT2D eigenvalue weighted by Gasteiger charge is -2.29. The summed E-state index contributed by atoms with van der Waals surface area (Å²) in [6.07, 6.45) is 7.43. The molecule has 1 aromatic carbocycles. The molecule has 0 saturated carbocycles. The highest BCUT2D eigenvalue weighted by molar-refractivity contribution is 7.96. The molecule has 0 radical (unpaired) electrons. The number of rotatable bonds is 7. The van der Waals surface area contributed by atoms with Crippen LogP contribution in [0.15, 0.2) is 56.5 Å². The van der Waals surface area contributed by atoms with Crippen LogP contribution in [0.1, 0.15) is 29.7 Å². The van der Waals surface area contributed by atoms with E-state index in [0.717, 1.165) is 50.3 Å². The van der Waals surface area contributed by atoms with E-state index in [2.05, 4.69) is 38.8 Å². The molecule has 7 nitrogen and oxygen atoms in total. The van der Waals surface area contributed by atoms with E-state index in [1.165, 1.54) is 17.4 Å². The average molecular weight is 454 g/mol. The van der Waals surface area contributed by atoms with Gasteiger partial charge in [0.1, 0.15) is 12.0 Å². The molecule has 1 fully saturated rings. The molecule has 0 unspecified atom stereocenters. The predicted molar refractivity (Wildman–Crippen MR) is 123 cm³/mol. The second kappa shape index (κ2) is 9.52. The Labute approximate surface area is 191 Å². The number of nitrogens with zero attached hydrogens (tertiary/aromatic N) is 3. The summed E-state index contributed by atoms with van der Waals surface area (Å²) in [5.74, 6) is 2.21. The average Bonchev–Trinajstić information content (AvgIpc) is 3.48. The topological polar surface area (TPSA) is 72.0 Å². The molecule has 2 aliphatic rings. The van der Waals surface area contributed by atoms with Gasteiger partial charge in [0, 0.05) is 43.9 Å². The minimum atomic E-state index is -0.114. The molecule has 0 spiro atoms. The van der Waals surface area contributed by atoms with Gasteiger partial charge in [-0.2, -0.15) is 0 Å². The molecular formula is C24H27N3O4S. The summed E-state index contributed by atoms with van der Waals surface area (Å²) in [5, 5.41) is 3.78. The van der Waals surface area contributed by atoms with E-state index >= 15 is 0 Å². The van der Waals surface area contributed by atoms with Crippen LogP contribution in [0.5, 0.6) is 5.75 Å². The maximum absolute atomic E-state index is 12.5. The van der Waals surface area contributed by atoms with Gasteiger partial charge in [-0.05, 0) is 42.2 Å². The largest absolute Gasteiger partial charge is 0.486 e. The molecule has 8 heteroatoms. The quantitative estimate of drug-likeness (QED) is 0.494. The van der Waals surface area contributed by atoms with Crippen LogP contribution in [0.4, 0.5) is 0 Å². The Morgan fingerprint density at radius 2 is 2.00 bits per heavy atom. The Hall–Kier alpha value is -2.55. The minimum absolute atomic E-state index is 0.114. The fourth-order valence-corrected chi connectivity index (χ4v) is 4.98. The van der Waals surface area contributed by atoms with Crippen molar-refractivity contribution in [3.63, 3.8) is 0 Å². The summed E-state index contributed by atoms with van der Waals surface area (Å²) in [6, 6.07) is 9.76. The molecule has 3 aromatic rings. The van der Waals surface area contributed by atoms with E-state index in [-0.39, 0.29) is 5.43 Å². The summed E-state index contributed by atoms with van der Waals surface area (Å²) in [5.41, 5.74) is 3.45. The molecule has 32 heavy (non-hydrogen) atoms. The van der Waals surface area contributed by atoms with Crippen LogP contribution in [0, 0.1) is 5.92 Å². The molecule has 4 heterocycles. The number of hydrogen-bond donors (Lipinski definition) is 0. The smallest absolute Gasteiger partial charge is 0.227 e. The fraction of sp³-hybridized carbons (Fsp3) is 0.417. The lowest BCUT2D eigenvalue weighted by Crippen LogP contribution is -2.31. The Morgan fingerprint density at radius 3 is 2.75 bits per heavy atom. The third-order valence-corrected chi connectivity index (χ3v) is 7.14. The van der Waals surface area contributed by atoms with Gasteiger partial charge in [-0.3, -0.25) is 14.0 Å². The zero-order valence-corrected chi connectivity index (χ0v) is 19.0. The van der Waals surface area contributed by atoms with Gasteiger partial charge in [-0.1, -0.05) is 29.2 Å². The zero-order chi connectivity index (χ0) is 21.9. The van der Waals surface area contributed by atoms with Crippen LogP contribution in [0.3, 0.4) is 0 Å². The minimum Gasteiger partial charge on any atom is -0.486 e. The normalized spacial score (nSPS) is 17.5. The SMILES string of the molecule is CSN1CCC(COc2coc(CN3Cc4ccc(-c5ccno5)cc4C3)cc2=O)CC1. The standard InChI is InChI=1S/C24H27N3O4S/c1-32-27-8-5-17(6-9-27)15-30-24-16-29-21(11-22(24)28)14-26-12-19-3-2-18(10-20(19)13-26)23-4-7-25-31-23/h2-4,7,10-11,16-17H,5-6,8-9,12-15H2,1H3. The molecular weight excluding hydrogens is 426 g/mol. The summed E-state index contributed by atoms with van der Waals surface area (Å²) in [7, 11) is 0. The number of benzene rings is 1. The van der Waals surface area contributed by atoms with Crippen LogP contribution in [-0.4, -0.2) is 40.3 Å². The number of piperidine rings is 1. The highest BCUT2D eigenvalue weighted by Crippen LogP contribution is 2.29. The van der Waals surface area contributed by atoms with E-state index in [9.17, 15) is 4.79 Å². The van der Waals surface area contributed by atoms with Crippen molar-refractivity contribution >= 4 is 11.9 Å². The summed E-state index contributed by atoms with van der Waals surface area (Å²) in [6.45, 7) is 4.91. The number of fused-ring (bicyclic) bond motifs is 1. The molecule has 0 atom stereocenters. The van der Waals surface area contributed by atoms with Crippen molar-refractivity contribution in [2.24, 2.45) is 5.92 Å². The van der Waals surface area contributed by atoms with Crippen molar-refractivity contribution in [3.05, 3.63) is 69.9 Å². The molecule has 0 aliphatic carbocycles. The van der Waals surface area contributed by atoms with Crippen LogP contribution >= 0.6 is 11.9 Å². The number of hydrogen-bond acceptors (Lipinski definition) is 8. The fourth-order valence-electron chi connectivity index (χ4n) is 4.41. The molecule has 2 aromatic heterocycles. The van der Waals surface area contributed by atoms with Crippen molar-refractivity contribution in [1.29, 1.82) is 0 Å².